The molecule has 158 valence electrons. The third kappa shape index (κ3) is 4.00. The van der Waals surface area contributed by atoms with Gasteiger partial charge in [0.05, 0.1) is 24.6 Å². The molecule has 0 aliphatic carbocycles. The van der Waals surface area contributed by atoms with Crippen molar-refractivity contribution in [3.05, 3.63) is 78.2 Å². The Morgan fingerprint density at radius 2 is 1.97 bits per heavy atom. The van der Waals surface area contributed by atoms with E-state index in [2.05, 4.69) is 25.9 Å². The van der Waals surface area contributed by atoms with Crippen LogP contribution >= 0.6 is 0 Å². The summed E-state index contributed by atoms with van der Waals surface area (Å²) in [4.78, 5) is 34.6. The summed E-state index contributed by atoms with van der Waals surface area (Å²) in [5, 5.41) is 2.50. The normalized spacial score (nSPS) is 10.4. The van der Waals surface area contributed by atoms with E-state index in [1.807, 2.05) is 22.6 Å². The van der Waals surface area contributed by atoms with Gasteiger partial charge in [-0.3, -0.25) is 14.5 Å². The number of amides is 2. The van der Waals surface area contributed by atoms with Crippen LogP contribution in [0.4, 0.5) is 16.3 Å². The number of methoxy groups -OCH3 is 1. The Morgan fingerprint density at radius 1 is 1.12 bits per heavy atom. The third-order valence-electron chi connectivity index (χ3n) is 4.93. The number of terminal acetylenes is 1. The van der Waals surface area contributed by atoms with E-state index in [4.69, 9.17) is 6.42 Å². The third-order valence-corrected chi connectivity index (χ3v) is 4.93. The lowest BCUT2D eigenvalue weighted by atomic mass is 10.1. The van der Waals surface area contributed by atoms with E-state index in [0.717, 1.165) is 11.3 Å². The Labute approximate surface area is 184 Å². The molecular formula is C24H19N5O3. The van der Waals surface area contributed by atoms with Gasteiger partial charge in [-0.25, -0.2) is 14.8 Å². The van der Waals surface area contributed by atoms with Crippen molar-refractivity contribution in [1.29, 1.82) is 0 Å². The summed E-state index contributed by atoms with van der Waals surface area (Å²) in [6, 6.07) is 14.2. The number of carbonyl (C=O) groups is 2. The lowest BCUT2D eigenvalue weighted by Crippen LogP contribution is -2.26. The van der Waals surface area contributed by atoms with E-state index in [-0.39, 0.29) is 5.91 Å². The van der Waals surface area contributed by atoms with Crippen molar-refractivity contribution >= 4 is 29.2 Å². The van der Waals surface area contributed by atoms with Crippen LogP contribution in [0.25, 0.3) is 16.9 Å². The molecule has 0 bridgehead atoms. The van der Waals surface area contributed by atoms with Gasteiger partial charge in [-0.15, -0.1) is 6.42 Å². The molecule has 4 rings (SSSR count). The Morgan fingerprint density at radius 3 is 2.69 bits per heavy atom. The average molecular weight is 425 g/mol. The average Bonchev–Trinajstić information content (AvgIpc) is 3.26. The maximum Gasteiger partial charge on any atom is 0.412 e. The number of ether oxygens (including phenoxy) is 1. The van der Waals surface area contributed by atoms with Gasteiger partial charge in [-0.2, -0.15) is 0 Å². The van der Waals surface area contributed by atoms with Gasteiger partial charge in [0.25, 0.3) is 5.91 Å². The minimum Gasteiger partial charge on any atom is -0.453 e. The molecule has 3 aromatic heterocycles. The van der Waals surface area contributed by atoms with Gasteiger partial charge in [0.2, 0.25) is 0 Å². The van der Waals surface area contributed by atoms with Gasteiger partial charge in [-0.1, -0.05) is 12.0 Å². The first-order valence-corrected chi connectivity index (χ1v) is 9.63. The number of nitrogens with one attached hydrogen (secondary N) is 1. The van der Waals surface area contributed by atoms with Crippen LogP contribution in [0.2, 0.25) is 0 Å². The lowest BCUT2D eigenvalue weighted by Gasteiger charge is -2.18. The Kier molecular flexibility index (Phi) is 5.55. The standard InChI is InChI=1S/C24H19N5O3/c1-4-16-6-5-7-19(12-16)28(2)23(30)18-9-11-22-26-14-20(29(22)15-18)17-8-10-21(25-13-17)27-24(31)32-3/h1,5-15H,2-3H3,(H,25,27,31). The minimum absolute atomic E-state index is 0.184. The van der Waals surface area contributed by atoms with E-state index < -0.39 is 6.09 Å². The monoisotopic (exact) mass is 425 g/mol. The Balaban J connectivity index is 1.64. The highest BCUT2D eigenvalue weighted by atomic mass is 16.5. The number of fused-ring (bicyclic) bond motifs is 1. The van der Waals surface area contributed by atoms with Gasteiger partial charge >= 0.3 is 6.09 Å². The van der Waals surface area contributed by atoms with Crippen LogP contribution in [0.3, 0.4) is 0 Å². The van der Waals surface area contributed by atoms with Crippen molar-refractivity contribution in [2.45, 2.75) is 0 Å². The second-order valence-corrected chi connectivity index (χ2v) is 6.90. The second-order valence-electron chi connectivity index (χ2n) is 6.90. The molecule has 0 radical (unpaired) electrons. The number of benzene rings is 1. The largest absolute Gasteiger partial charge is 0.453 e. The molecule has 2 amide bonds. The molecule has 32 heavy (non-hydrogen) atoms. The van der Waals surface area contributed by atoms with Crippen molar-refractivity contribution in [3.63, 3.8) is 0 Å². The van der Waals surface area contributed by atoms with E-state index in [0.29, 0.717) is 28.3 Å². The molecule has 0 fully saturated rings. The maximum absolute atomic E-state index is 13.1. The minimum atomic E-state index is -0.597. The van der Waals surface area contributed by atoms with Crippen LogP contribution in [0, 0.1) is 12.3 Å². The number of rotatable bonds is 4. The SMILES string of the molecule is C#Cc1cccc(N(C)C(=O)c2ccc3ncc(-c4ccc(NC(=O)OC)nc4)n3c2)c1. The van der Waals surface area contributed by atoms with Crippen LogP contribution in [0.15, 0.2) is 67.1 Å². The summed E-state index contributed by atoms with van der Waals surface area (Å²) in [5.74, 6) is 2.76. The van der Waals surface area contributed by atoms with E-state index in [9.17, 15) is 9.59 Å². The molecule has 0 aliphatic heterocycles. The summed E-state index contributed by atoms with van der Waals surface area (Å²) < 4.78 is 6.39. The molecule has 0 unspecified atom stereocenters. The molecule has 4 aromatic rings. The fraction of sp³-hybridized carbons (Fsp3) is 0.0833. The second kappa shape index (κ2) is 8.62. The predicted octanol–water partition coefficient (Wildman–Crippen LogP) is 3.83. The number of hydrogen-bond donors (Lipinski definition) is 1. The number of nitrogens with zero attached hydrogens (tertiary/aromatic N) is 4. The number of pyridine rings is 2. The topological polar surface area (TPSA) is 88.8 Å². The highest BCUT2D eigenvalue weighted by molar-refractivity contribution is 6.05. The summed E-state index contributed by atoms with van der Waals surface area (Å²) in [5.41, 5.74) is 4.10. The van der Waals surface area contributed by atoms with Crippen LogP contribution in [-0.2, 0) is 4.74 Å². The molecule has 0 saturated carbocycles. The van der Waals surface area contributed by atoms with E-state index in [1.165, 1.54) is 7.11 Å². The first-order valence-electron chi connectivity index (χ1n) is 9.63. The van der Waals surface area contributed by atoms with Crippen molar-refractivity contribution in [1.82, 2.24) is 14.4 Å². The number of anilines is 2. The fourth-order valence-corrected chi connectivity index (χ4v) is 3.21. The molecular weight excluding hydrogens is 406 g/mol. The van der Waals surface area contributed by atoms with Crippen LogP contribution < -0.4 is 10.2 Å². The van der Waals surface area contributed by atoms with Crippen molar-refractivity contribution in [2.24, 2.45) is 0 Å². The number of hydrogen-bond acceptors (Lipinski definition) is 5. The van der Waals surface area contributed by atoms with E-state index in [1.54, 1.807) is 60.9 Å². The van der Waals surface area contributed by atoms with Gasteiger partial charge in [0, 0.05) is 36.3 Å². The smallest absolute Gasteiger partial charge is 0.412 e. The molecule has 0 aliphatic rings. The lowest BCUT2D eigenvalue weighted by molar-refractivity contribution is 0.0992. The molecule has 8 heteroatoms. The number of carbonyl (C=O) groups excluding carboxylic acids is 2. The van der Waals surface area contributed by atoms with Crippen LogP contribution in [0.1, 0.15) is 15.9 Å². The molecule has 3 heterocycles. The molecule has 1 N–H and O–H groups in total. The maximum atomic E-state index is 13.1. The van der Waals surface area contributed by atoms with Crippen molar-refractivity contribution < 1.29 is 14.3 Å². The van der Waals surface area contributed by atoms with Gasteiger partial charge in [-0.05, 0) is 42.5 Å². The van der Waals surface area contributed by atoms with E-state index >= 15 is 0 Å². The predicted molar refractivity (Wildman–Crippen MR) is 122 cm³/mol. The highest BCUT2D eigenvalue weighted by Gasteiger charge is 2.16. The zero-order valence-electron chi connectivity index (χ0n) is 17.4. The Hall–Kier alpha value is -4.64. The molecule has 0 spiro atoms. The fourth-order valence-electron chi connectivity index (χ4n) is 3.21. The zero-order valence-corrected chi connectivity index (χ0v) is 17.4. The van der Waals surface area contributed by atoms with Gasteiger partial charge in [0.1, 0.15) is 11.5 Å². The summed E-state index contributed by atoms with van der Waals surface area (Å²) >= 11 is 0. The molecule has 0 saturated heterocycles. The van der Waals surface area contributed by atoms with Crippen molar-refractivity contribution in [3.8, 4) is 23.6 Å². The summed E-state index contributed by atoms with van der Waals surface area (Å²) in [6.07, 6.45) is 9.93. The highest BCUT2D eigenvalue weighted by Crippen LogP contribution is 2.23. The quantitative estimate of drug-likeness (QED) is 0.502. The number of imidazole rings is 1. The van der Waals surface area contributed by atoms with Gasteiger partial charge in [0.15, 0.2) is 0 Å². The van der Waals surface area contributed by atoms with Crippen LogP contribution in [-0.4, -0.2) is 40.5 Å². The van der Waals surface area contributed by atoms with Crippen LogP contribution in [0.5, 0.6) is 0 Å². The first kappa shape index (κ1) is 20.6. The Bertz CT molecular complexity index is 1350. The zero-order chi connectivity index (χ0) is 22.7. The molecule has 8 nitrogen and oxygen atoms in total. The van der Waals surface area contributed by atoms with Crippen molar-refractivity contribution in [2.75, 3.05) is 24.4 Å². The molecule has 1 aromatic carbocycles. The summed E-state index contributed by atoms with van der Waals surface area (Å²) in [7, 11) is 2.98. The van der Waals surface area contributed by atoms with Gasteiger partial charge < -0.3 is 9.64 Å². The molecule has 0 atom stereocenters. The summed E-state index contributed by atoms with van der Waals surface area (Å²) in [6.45, 7) is 0. The first-order chi connectivity index (χ1) is 15.5. The number of aromatic nitrogens is 3.